The van der Waals surface area contributed by atoms with Crippen LogP contribution in [-0.2, 0) is 26.2 Å². The van der Waals surface area contributed by atoms with Crippen LogP contribution < -0.4 is 5.32 Å². The van der Waals surface area contributed by atoms with E-state index in [1.165, 1.54) is 36.2 Å². The fourth-order valence-electron chi connectivity index (χ4n) is 3.46. The molecule has 2 aromatic carbocycles. The molecular weight excluding hydrogens is 462 g/mol. The van der Waals surface area contributed by atoms with Gasteiger partial charge in [0.25, 0.3) is 0 Å². The molecule has 2 aromatic rings. The average molecular weight is 494 g/mol. The van der Waals surface area contributed by atoms with Crippen molar-refractivity contribution in [3.05, 3.63) is 64.7 Å². The Morgan fingerprint density at radius 1 is 1.09 bits per heavy atom. The Morgan fingerprint density at radius 3 is 2.27 bits per heavy atom. The second-order valence-corrected chi connectivity index (χ2v) is 10.8. The number of amides is 2. The zero-order valence-corrected chi connectivity index (χ0v) is 21.3. The number of likely N-dealkylation sites (N-methyl/N-ethyl adjacent to an activating group) is 1. The van der Waals surface area contributed by atoms with Crippen LogP contribution in [0.1, 0.15) is 38.3 Å². The molecule has 0 aliphatic rings. The van der Waals surface area contributed by atoms with E-state index in [1.807, 2.05) is 52.0 Å². The molecule has 0 bridgehead atoms. The van der Waals surface area contributed by atoms with E-state index in [-0.39, 0.29) is 23.4 Å². The molecule has 0 unspecified atom stereocenters. The number of rotatable bonds is 10. The maximum Gasteiger partial charge on any atom is 0.243 e. The lowest BCUT2D eigenvalue weighted by atomic mass is 10.1. The molecule has 0 heterocycles. The third kappa shape index (κ3) is 7.28. The van der Waals surface area contributed by atoms with Crippen LogP contribution in [0.5, 0.6) is 0 Å². The molecular formula is C24H32ClN3O4S. The predicted molar refractivity (Wildman–Crippen MR) is 130 cm³/mol. The molecule has 180 valence electrons. The van der Waals surface area contributed by atoms with Crippen molar-refractivity contribution in [3.8, 4) is 0 Å². The van der Waals surface area contributed by atoms with Gasteiger partial charge in [-0.3, -0.25) is 9.59 Å². The SMILES string of the molecule is CC[C@@H](C(=O)NC(C)C)N(Cc1cccc(C)c1)C(=O)CN(C)S(=O)(=O)c1ccc(Cl)cc1. The summed E-state index contributed by atoms with van der Waals surface area (Å²) in [5.41, 5.74) is 1.89. The Kier molecular flexibility index (Phi) is 9.46. The van der Waals surface area contributed by atoms with E-state index in [0.29, 0.717) is 11.4 Å². The van der Waals surface area contributed by atoms with E-state index in [0.717, 1.165) is 15.4 Å². The number of hydrogen-bond donors (Lipinski definition) is 1. The van der Waals surface area contributed by atoms with Gasteiger partial charge >= 0.3 is 0 Å². The zero-order valence-electron chi connectivity index (χ0n) is 19.7. The lowest BCUT2D eigenvalue weighted by Crippen LogP contribution is -2.52. The molecule has 0 saturated heterocycles. The summed E-state index contributed by atoms with van der Waals surface area (Å²) in [5, 5.41) is 3.28. The number of hydrogen-bond acceptors (Lipinski definition) is 4. The van der Waals surface area contributed by atoms with Crippen LogP contribution in [0.4, 0.5) is 0 Å². The maximum absolute atomic E-state index is 13.4. The van der Waals surface area contributed by atoms with Gasteiger partial charge in [-0.1, -0.05) is 48.4 Å². The van der Waals surface area contributed by atoms with Crippen LogP contribution in [0.15, 0.2) is 53.4 Å². The van der Waals surface area contributed by atoms with Crippen LogP contribution in [0.3, 0.4) is 0 Å². The molecule has 1 atom stereocenters. The van der Waals surface area contributed by atoms with Crippen LogP contribution in [-0.4, -0.2) is 55.1 Å². The van der Waals surface area contributed by atoms with Crippen LogP contribution >= 0.6 is 11.6 Å². The minimum Gasteiger partial charge on any atom is -0.352 e. The highest BCUT2D eigenvalue weighted by Gasteiger charge is 2.32. The number of sulfonamides is 1. The second kappa shape index (κ2) is 11.6. The van der Waals surface area contributed by atoms with Crippen LogP contribution in [0.2, 0.25) is 5.02 Å². The van der Waals surface area contributed by atoms with Gasteiger partial charge in [-0.05, 0) is 57.0 Å². The summed E-state index contributed by atoms with van der Waals surface area (Å²) < 4.78 is 26.9. The van der Waals surface area contributed by atoms with Gasteiger partial charge in [0.15, 0.2) is 0 Å². The summed E-state index contributed by atoms with van der Waals surface area (Å²) in [6.45, 7) is 7.27. The summed E-state index contributed by atoms with van der Waals surface area (Å²) >= 11 is 5.86. The number of nitrogens with one attached hydrogen (secondary N) is 1. The Balaban J connectivity index is 2.33. The minimum absolute atomic E-state index is 0.0389. The number of benzene rings is 2. The van der Waals surface area contributed by atoms with Gasteiger partial charge in [0.2, 0.25) is 21.8 Å². The first kappa shape index (κ1) is 26.8. The number of carbonyl (C=O) groups is 2. The quantitative estimate of drug-likeness (QED) is 0.547. The van der Waals surface area contributed by atoms with Crippen molar-refractivity contribution in [2.75, 3.05) is 13.6 Å². The van der Waals surface area contributed by atoms with Crippen LogP contribution in [0.25, 0.3) is 0 Å². The smallest absolute Gasteiger partial charge is 0.243 e. The number of halogens is 1. The summed E-state index contributed by atoms with van der Waals surface area (Å²) in [7, 11) is -2.56. The summed E-state index contributed by atoms with van der Waals surface area (Å²) in [4.78, 5) is 27.8. The highest BCUT2D eigenvalue weighted by molar-refractivity contribution is 7.89. The van der Waals surface area contributed by atoms with Crippen molar-refractivity contribution in [2.45, 2.75) is 57.6 Å². The van der Waals surface area contributed by atoms with Gasteiger partial charge < -0.3 is 10.2 Å². The van der Waals surface area contributed by atoms with E-state index in [9.17, 15) is 18.0 Å². The van der Waals surface area contributed by atoms with Gasteiger partial charge in [0, 0.05) is 24.7 Å². The monoisotopic (exact) mass is 493 g/mol. The van der Waals surface area contributed by atoms with Crippen molar-refractivity contribution in [1.82, 2.24) is 14.5 Å². The minimum atomic E-state index is -3.91. The Labute approximate surface area is 201 Å². The molecule has 33 heavy (non-hydrogen) atoms. The van der Waals surface area contributed by atoms with E-state index < -0.39 is 28.5 Å². The summed E-state index contributed by atoms with van der Waals surface area (Å²) in [5.74, 6) is -0.723. The van der Waals surface area contributed by atoms with Crippen molar-refractivity contribution in [2.24, 2.45) is 0 Å². The topological polar surface area (TPSA) is 86.8 Å². The maximum atomic E-state index is 13.4. The van der Waals surface area contributed by atoms with Gasteiger partial charge in [-0.2, -0.15) is 4.31 Å². The Bertz CT molecular complexity index is 1070. The molecule has 1 N–H and O–H groups in total. The van der Waals surface area contributed by atoms with Crippen LogP contribution in [0, 0.1) is 6.92 Å². The molecule has 2 rings (SSSR count). The lowest BCUT2D eigenvalue weighted by molar-refractivity contribution is -0.141. The first-order valence-corrected chi connectivity index (χ1v) is 12.6. The normalized spacial score (nSPS) is 12.6. The molecule has 0 aliphatic carbocycles. The first-order chi connectivity index (χ1) is 15.4. The van der Waals surface area contributed by atoms with E-state index >= 15 is 0 Å². The van der Waals surface area contributed by atoms with Gasteiger partial charge in [0.05, 0.1) is 11.4 Å². The highest BCUT2D eigenvalue weighted by Crippen LogP contribution is 2.19. The van der Waals surface area contributed by atoms with E-state index in [1.54, 1.807) is 0 Å². The van der Waals surface area contributed by atoms with Crippen molar-refractivity contribution in [3.63, 3.8) is 0 Å². The molecule has 0 radical (unpaired) electrons. The summed E-state index contributed by atoms with van der Waals surface area (Å²) in [6, 6.07) is 12.6. The molecule has 0 spiro atoms. The van der Waals surface area contributed by atoms with Crippen molar-refractivity contribution >= 4 is 33.4 Å². The second-order valence-electron chi connectivity index (χ2n) is 8.31. The standard InChI is InChI=1S/C24H32ClN3O4S/c1-6-22(24(30)26-17(2)3)28(15-19-9-7-8-18(4)14-19)23(29)16-27(5)33(31,32)21-12-10-20(25)11-13-21/h7-14,17,22H,6,15-16H2,1-5H3,(H,26,30)/t22-/m0/s1. The molecule has 0 fully saturated rings. The van der Waals surface area contributed by atoms with Crippen molar-refractivity contribution in [1.29, 1.82) is 0 Å². The fourth-order valence-corrected chi connectivity index (χ4v) is 4.71. The lowest BCUT2D eigenvalue weighted by Gasteiger charge is -2.32. The van der Waals surface area contributed by atoms with E-state index in [2.05, 4.69) is 5.32 Å². The average Bonchev–Trinajstić information content (AvgIpc) is 2.73. The predicted octanol–water partition coefficient (Wildman–Crippen LogP) is 3.60. The number of nitrogens with zero attached hydrogens (tertiary/aromatic N) is 2. The largest absolute Gasteiger partial charge is 0.352 e. The third-order valence-electron chi connectivity index (χ3n) is 5.13. The summed E-state index contributed by atoms with van der Waals surface area (Å²) in [6.07, 6.45) is 0.393. The molecule has 0 saturated carbocycles. The van der Waals surface area contributed by atoms with Gasteiger partial charge in [0.1, 0.15) is 6.04 Å². The first-order valence-electron chi connectivity index (χ1n) is 10.8. The molecule has 0 aromatic heterocycles. The van der Waals surface area contributed by atoms with Crippen molar-refractivity contribution < 1.29 is 18.0 Å². The highest BCUT2D eigenvalue weighted by atomic mass is 35.5. The third-order valence-corrected chi connectivity index (χ3v) is 7.20. The fraction of sp³-hybridized carbons (Fsp3) is 0.417. The zero-order chi connectivity index (χ0) is 24.8. The Morgan fingerprint density at radius 2 is 1.73 bits per heavy atom. The Hall–Kier alpha value is -2.42. The van der Waals surface area contributed by atoms with Gasteiger partial charge in [-0.15, -0.1) is 0 Å². The number of aryl methyl sites for hydroxylation is 1. The molecule has 0 aliphatic heterocycles. The number of carbonyl (C=O) groups excluding carboxylic acids is 2. The van der Waals surface area contributed by atoms with Gasteiger partial charge in [-0.25, -0.2) is 8.42 Å². The van der Waals surface area contributed by atoms with E-state index in [4.69, 9.17) is 11.6 Å². The molecule has 9 heteroatoms. The molecule has 7 nitrogen and oxygen atoms in total. The molecule has 2 amide bonds.